The smallest absolute Gasteiger partial charge is 0.320 e. The van der Waals surface area contributed by atoms with Crippen LogP contribution in [-0.4, -0.2) is 17.1 Å². The minimum Gasteiger partial charge on any atom is -0.480 e. The lowest BCUT2D eigenvalue weighted by molar-refractivity contribution is -0.139. The lowest BCUT2D eigenvalue weighted by Crippen LogP contribution is -2.37. The van der Waals surface area contributed by atoms with Gasteiger partial charge in [-0.15, -0.1) is 0 Å². The fourth-order valence-corrected chi connectivity index (χ4v) is 2.47. The van der Waals surface area contributed by atoms with E-state index in [1.807, 2.05) is 54.6 Å². The summed E-state index contributed by atoms with van der Waals surface area (Å²) >= 11 is 0. The van der Waals surface area contributed by atoms with Crippen molar-refractivity contribution in [3.63, 3.8) is 0 Å². The average Bonchev–Trinajstić information content (AvgIpc) is 2.55. The summed E-state index contributed by atoms with van der Waals surface area (Å²) < 4.78 is 5.82. The van der Waals surface area contributed by atoms with Crippen molar-refractivity contribution >= 4 is 5.97 Å². The Hall–Kier alpha value is -2.33. The summed E-state index contributed by atoms with van der Waals surface area (Å²) in [5, 5.41) is 12.6. The Kier molecular flexibility index (Phi) is 6.59. The standard InChI is InChI=1S/C21H27NO3/c1-21(2,3)13-12-19(20(23)24)22-15-16-8-7-11-18(14-16)25-17-9-5-4-6-10-17/h4-11,14,19,22H,12-13,15H2,1-3H3,(H,23,24). The van der Waals surface area contributed by atoms with Crippen LogP contribution in [0.5, 0.6) is 11.5 Å². The zero-order valence-corrected chi connectivity index (χ0v) is 15.2. The highest BCUT2D eigenvalue weighted by Gasteiger charge is 2.20. The van der Waals surface area contributed by atoms with Gasteiger partial charge >= 0.3 is 5.97 Å². The van der Waals surface area contributed by atoms with Gasteiger partial charge in [0.15, 0.2) is 0 Å². The van der Waals surface area contributed by atoms with Crippen molar-refractivity contribution < 1.29 is 14.6 Å². The van der Waals surface area contributed by atoms with Gasteiger partial charge in [-0.2, -0.15) is 0 Å². The van der Waals surface area contributed by atoms with Gasteiger partial charge in [0.25, 0.3) is 0 Å². The van der Waals surface area contributed by atoms with E-state index >= 15 is 0 Å². The highest BCUT2D eigenvalue weighted by molar-refractivity contribution is 5.73. The summed E-state index contributed by atoms with van der Waals surface area (Å²) in [5.41, 5.74) is 1.12. The molecule has 0 amide bonds. The fraction of sp³-hybridized carbons (Fsp3) is 0.381. The van der Waals surface area contributed by atoms with Crippen molar-refractivity contribution in [3.05, 3.63) is 60.2 Å². The first-order chi connectivity index (χ1) is 11.8. The maximum absolute atomic E-state index is 11.5. The number of hydrogen-bond donors (Lipinski definition) is 2. The van der Waals surface area contributed by atoms with Gasteiger partial charge in [0.1, 0.15) is 17.5 Å². The monoisotopic (exact) mass is 341 g/mol. The van der Waals surface area contributed by atoms with Crippen LogP contribution in [0.2, 0.25) is 0 Å². The third-order valence-corrected chi connectivity index (χ3v) is 3.91. The topological polar surface area (TPSA) is 58.6 Å². The molecule has 0 saturated heterocycles. The largest absolute Gasteiger partial charge is 0.480 e. The van der Waals surface area contributed by atoms with E-state index in [9.17, 15) is 9.90 Å². The molecule has 2 aromatic carbocycles. The van der Waals surface area contributed by atoms with Gasteiger partial charge in [-0.25, -0.2) is 0 Å². The van der Waals surface area contributed by atoms with E-state index in [-0.39, 0.29) is 5.41 Å². The van der Waals surface area contributed by atoms with Crippen molar-refractivity contribution in [1.82, 2.24) is 5.32 Å². The molecular weight excluding hydrogens is 314 g/mol. The second kappa shape index (κ2) is 8.67. The van der Waals surface area contributed by atoms with Crippen LogP contribution in [0.1, 0.15) is 39.2 Å². The Balaban J connectivity index is 1.95. The number of carboxylic acids is 1. The van der Waals surface area contributed by atoms with Crippen LogP contribution in [0.25, 0.3) is 0 Å². The molecule has 2 N–H and O–H groups in total. The van der Waals surface area contributed by atoms with E-state index in [1.165, 1.54) is 0 Å². The first-order valence-corrected chi connectivity index (χ1v) is 8.61. The second-order valence-corrected chi connectivity index (χ2v) is 7.43. The van der Waals surface area contributed by atoms with Crippen LogP contribution >= 0.6 is 0 Å². The van der Waals surface area contributed by atoms with Crippen LogP contribution in [-0.2, 0) is 11.3 Å². The third-order valence-electron chi connectivity index (χ3n) is 3.91. The van der Waals surface area contributed by atoms with Crippen molar-refractivity contribution in [2.24, 2.45) is 5.41 Å². The molecule has 1 atom stereocenters. The number of aliphatic carboxylic acids is 1. The molecule has 0 heterocycles. The molecule has 0 aliphatic carbocycles. The van der Waals surface area contributed by atoms with Crippen molar-refractivity contribution in [3.8, 4) is 11.5 Å². The first kappa shape index (κ1) is 19.0. The van der Waals surface area contributed by atoms with Crippen molar-refractivity contribution in [1.29, 1.82) is 0 Å². The van der Waals surface area contributed by atoms with Crippen molar-refractivity contribution in [2.45, 2.75) is 46.2 Å². The number of rotatable bonds is 8. The Morgan fingerprint density at radius 1 is 1.08 bits per heavy atom. The van der Waals surface area contributed by atoms with E-state index in [0.717, 1.165) is 23.5 Å². The first-order valence-electron chi connectivity index (χ1n) is 8.61. The second-order valence-electron chi connectivity index (χ2n) is 7.43. The molecule has 0 aromatic heterocycles. The Morgan fingerprint density at radius 3 is 2.40 bits per heavy atom. The third kappa shape index (κ3) is 6.98. The Labute approximate surface area is 149 Å². The van der Waals surface area contributed by atoms with Gasteiger partial charge in [0.05, 0.1) is 0 Å². The molecule has 2 aromatic rings. The van der Waals surface area contributed by atoms with Gasteiger partial charge in [0.2, 0.25) is 0 Å². The maximum Gasteiger partial charge on any atom is 0.320 e. The average molecular weight is 341 g/mol. The summed E-state index contributed by atoms with van der Waals surface area (Å²) in [6.07, 6.45) is 1.47. The predicted octanol–water partition coefficient (Wildman–Crippen LogP) is 4.85. The Morgan fingerprint density at radius 2 is 1.76 bits per heavy atom. The number of ether oxygens (including phenoxy) is 1. The maximum atomic E-state index is 11.5. The van der Waals surface area contributed by atoms with Crippen LogP contribution < -0.4 is 10.1 Å². The van der Waals surface area contributed by atoms with E-state index in [4.69, 9.17) is 4.74 Å². The molecule has 4 nitrogen and oxygen atoms in total. The van der Waals surface area contributed by atoms with Crippen LogP contribution in [0.3, 0.4) is 0 Å². The van der Waals surface area contributed by atoms with E-state index in [1.54, 1.807) is 0 Å². The molecule has 0 spiro atoms. The van der Waals surface area contributed by atoms with Crippen LogP contribution in [0.15, 0.2) is 54.6 Å². The van der Waals surface area contributed by atoms with E-state index in [2.05, 4.69) is 26.1 Å². The molecular formula is C21H27NO3. The highest BCUT2D eigenvalue weighted by atomic mass is 16.5. The summed E-state index contributed by atoms with van der Waals surface area (Å²) in [5.74, 6) is 0.717. The van der Waals surface area contributed by atoms with Crippen LogP contribution in [0, 0.1) is 5.41 Å². The quantitative estimate of drug-likeness (QED) is 0.721. The highest BCUT2D eigenvalue weighted by Crippen LogP contribution is 2.23. The predicted molar refractivity (Wildman–Crippen MR) is 99.9 cm³/mol. The van der Waals surface area contributed by atoms with Gasteiger partial charge in [-0.1, -0.05) is 51.1 Å². The van der Waals surface area contributed by atoms with Gasteiger partial charge in [-0.3, -0.25) is 4.79 Å². The molecule has 0 aliphatic heterocycles. The van der Waals surface area contributed by atoms with E-state index < -0.39 is 12.0 Å². The molecule has 1 unspecified atom stereocenters. The lowest BCUT2D eigenvalue weighted by Gasteiger charge is -2.21. The van der Waals surface area contributed by atoms with Crippen LogP contribution in [0.4, 0.5) is 0 Å². The lowest BCUT2D eigenvalue weighted by atomic mass is 9.88. The number of benzene rings is 2. The minimum atomic E-state index is -0.805. The number of hydrogen-bond acceptors (Lipinski definition) is 3. The molecule has 0 radical (unpaired) electrons. The molecule has 0 bridgehead atoms. The summed E-state index contributed by atoms with van der Waals surface area (Å²) in [6.45, 7) is 6.86. The molecule has 25 heavy (non-hydrogen) atoms. The molecule has 0 fully saturated rings. The van der Waals surface area contributed by atoms with Gasteiger partial charge < -0.3 is 15.2 Å². The normalized spacial score (nSPS) is 12.6. The van der Waals surface area contributed by atoms with Gasteiger partial charge in [0, 0.05) is 6.54 Å². The molecule has 4 heteroatoms. The molecule has 0 saturated carbocycles. The summed E-state index contributed by atoms with van der Waals surface area (Å²) in [7, 11) is 0. The van der Waals surface area contributed by atoms with E-state index in [0.29, 0.717) is 13.0 Å². The Bertz CT molecular complexity index is 677. The van der Waals surface area contributed by atoms with Crippen molar-refractivity contribution in [2.75, 3.05) is 0 Å². The number of nitrogens with one attached hydrogen (secondary N) is 1. The summed E-state index contributed by atoms with van der Waals surface area (Å²) in [4.78, 5) is 11.5. The van der Waals surface area contributed by atoms with Gasteiger partial charge in [-0.05, 0) is 48.1 Å². The zero-order valence-electron chi connectivity index (χ0n) is 15.2. The fourth-order valence-electron chi connectivity index (χ4n) is 2.47. The minimum absolute atomic E-state index is 0.124. The molecule has 2 rings (SSSR count). The number of carbonyl (C=O) groups is 1. The SMILES string of the molecule is CC(C)(C)CCC(NCc1cccc(Oc2ccccc2)c1)C(=O)O. The number of carboxylic acid groups (broad SMARTS) is 1. The molecule has 0 aliphatic rings. The molecule has 134 valence electrons. The number of para-hydroxylation sites is 1. The summed E-state index contributed by atoms with van der Waals surface area (Å²) in [6, 6.07) is 16.8. The zero-order chi connectivity index (χ0) is 18.3.